The summed E-state index contributed by atoms with van der Waals surface area (Å²) >= 11 is 0. The number of carbonyl (C=O) groups excluding carboxylic acids is 1. The van der Waals surface area contributed by atoms with Gasteiger partial charge in [0.15, 0.2) is 0 Å². The molecular formula is C19H25N3O3S. The fourth-order valence-corrected chi connectivity index (χ4v) is 3.30. The number of rotatable bonds is 7. The van der Waals surface area contributed by atoms with Gasteiger partial charge in [0.25, 0.3) is 0 Å². The van der Waals surface area contributed by atoms with Gasteiger partial charge in [-0.3, -0.25) is 4.79 Å². The van der Waals surface area contributed by atoms with Crippen molar-refractivity contribution < 1.29 is 13.2 Å². The molecule has 0 radical (unpaired) electrons. The van der Waals surface area contributed by atoms with Crippen LogP contribution in [0.15, 0.2) is 53.4 Å². The van der Waals surface area contributed by atoms with Crippen LogP contribution in [0.1, 0.15) is 19.4 Å². The minimum Gasteiger partial charge on any atom is -0.374 e. The maximum atomic E-state index is 12.4. The van der Waals surface area contributed by atoms with E-state index >= 15 is 0 Å². The zero-order valence-electron chi connectivity index (χ0n) is 15.5. The number of anilines is 2. The van der Waals surface area contributed by atoms with Crippen molar-refractivity contribution in [3.05, 3.63) is 54.1 Å². The molecule has 0 aliphatic carbocycles. The Labute approximate surface area is 155 Å². The molecule has 0 aromatic heterocycles. The van der Waals surface area contributed by atoms with Crippen LogP contribution >= 0.6 is 0 Å². The van der Waals surface area contributed by atoms with Crippen LogP contribution in [0.5, 0.6) is 0 Å². The Morgan fingerprint density at radius 1 is 1.08 bits per heavy atom. The number of hydrogen-bond acceptors (Lipinski definition) is 4. The second-order valence-corrected chi connectivity index (χ2v) is 8.37. The van der Waals surface area contributed by atoms with E-state index in [1.165, 1.54) is 31.8 Å². The number of amides is 1. The smallest absolute Gasteiger partial charge is 0.246 e. The van der Waals surface area contributed by atoms with E-state index in [1.807, 2.05) is 24.3 Å². The van der Waals surface area contributed by atoms with Crippen molar-refractivity contribution in [1.82, 2.24) is 4.31 Å². The molecule has 140 valence electrons. The van der Waals surface area contributed by atoms with Crippen molar-refractivity contribution in [3.8, 4) is 0 Å². The first-order valence-corrected chi connectivity index (χ1v) is 9.87. The molecule has 0 aliphatic heterocycles. The normalized spacial score (nSPS) is 12.7. The van der Waals surface area contributed by atoms with E-state index < -0.39 is 16.1 Å². The van der Waals surface area contributed by atoms with Crippen molar-refractivity contribution in [2.75, 3.05) is 24.7 Å². The average molecular weight is 375 g/mol. The zero-order valence-corrected chi connectivity index (χ0v) is 16.3. The third kappa shape index (κ3) is 4.83. The maximum absolute atomic E-state index is 12.4. The third-order valence-corrected chi connectivity index (χ3v) is 5.83. The molecule has 0 aliphatic rings. The zero-order chi connectivity index (χ0) is 19.3. The molecule has 26 heavy (non-hydrogen) atoms. The molecule has 2 aromatic rings. The quantitative estimate of drug-likeness (QED) is 0.780. The molecule has 0 heterocycles. The average Bonchev–Trinajstić information content (AvgIpc) is 2.62. The van der Waals surface area contributed by atoms with Crippen LogP contribution in [0.25, 0.3) is 0 Å². The van der Waals surface area contributed by atoms with E-state index in [-0.39, 0.29) is 10.8 Å². The van der Waals surface area contributed by atoms with Gasteiger partial charge in [-0.15, -0.1) is 0 Å². The van der Waals surface area contributed by atoms with Gasteiger partial charge in [0.05, 0.1) is 4.90 Å². The number of carbonyl (C=O) groups is 1. The molecule has 0 fully saturated rings. The minimum absolute atomic E-state index is 0.135. The summed E-state index contributed by atoms with van der Waals surface area (Å²) in [6.07, 6.45) is 0.961. The predicted octanol–water partition coefficient (Wildman–Crippen LogP) is 2.94. The van der Waals surface area contributed by atoms with Crippen LogP contribution in [0.4, 0.5) is 11.4 Å². The lowest BCUT2D eigenvalue weighted by atomic mass is 10.1. The Kier molecular flexibility index (Phi) is 6.39. The highest BCUT2D eigenvalue weighted by Crippen LogP contribution is 2.18. The molecule has 2 N–H and O–H groups in total. The van der Waals surface area contributed by atoms with Gasteiger partial charge < -0.3 is 10.6 Å². The summed E-state index contributed by atoms with van der Waals surface area (Å²) in [4.78, 5) is 12.5. The molecule has 2 aromatic carbocycles. The van der Waals surface area contributed by atoms with E-state index in [0.29, 0.717) is 5.69 Å². The van der Waals surface area contributed by atoms with Crippen molar-refractivity contribution in [3.63, 3.8) is 0 Å². The van der Waals surface area contributed by atoms with E-state index in [4.69, 9.17) is 0 Å². The lowest BCUT2D eigenvalue weighted by Gasteiger charge is -2.16. The number of sulfonamides is 1. The van der Waals surface area contributed by atoms with Crippen LogP contribution in [0, 0.1) is 0 Å². The molecule has 0 bridgehead atoms. The molecule has 0 saturated carbocycles. The first-order valence-electron chi connectivity index (χ1n) is 8.43. The summed E-state index contributed by atoms with van der Waals surface area (Å²) in [6.45, 7) is 3.84. The fourth-order valence-electron chi connectivity index (χ4n) is 2.35. The molecule has 1 amide bonds. The van der Waals surface area contributed by atoms with Crippen molar-refractivity contribution in [2.24, 2.45) is 0 Å². The number of aryl methyl sites for hydroxylation is 1. The summed E-state index contributed by atoms with van der Waals surface area (Å²) in [5.41, 5.74) is 2.52. The minimum atomic E-state index is -3.54. The topological polar surface area (TPSA) is 78.5 Å². The molecule has 0 spiro atoms. The molecule has 2 rings (SSSR count). The Balaban J connectivity index is 2.06. The Morgan fingerprint density at radius 2 is 1.73 bits per heavy atom. The van der Waals surface area contributed by atoms with Crippen LogP contribution in [-0.4, -0.2) is 38.8 Å². The largest absolute Gasteiger partial charge is 0.374 e. The number of nitrogens with zero attached hydrogens (tertiary/aromatic N) is 1. The first kappa shape index (κ1) is 19.9. The summed E-state index contributed by atoms with van der Waals surface area (Å²) in [5.74, 6) is -0.246. The van der Waals surface area contributed by atoms with Gasteiger partial charge in [-0.2, -0.15) is 0 Å². The predicted molar refractivity (Wildman–Crippen MR) is 105 cm³/mol. The van der Waals surface area contributed by atoms with Crippen molar-refractivity contribution in [2.45, 2.75) is 31.2 Å². The summed E-state index contributed by atoms with van der Waals surface area (Å²) in [5, 5.41) is 5.89. The van der Waals surface area contributed by atoms with Gasteiger partial charge in [0.1, 0.15) is 6.04 Å². The van der Waals surface area contributed by atoms with Gasteiger partial charge in [-0.25, -0.2) is 12.7 Å². The van der Waals surface area contributed by atoms with Gasteiger partial charge in [0, 0.05) is 25.5 Å². The van der Waals surface area contributed by atoms with Crippen molar-refractivity contribution >= 4 is 27.3 Å². The third-order valence-electron chi connectivity index (χ3n) is 4.02. The molecule has 0 saturated heterocycles. The molecular weight excluding hydrogens is 350 g/mol. The summed E-state index contributed by atoms with van der Waals surface area (Å²) in [7, 11) is -0.607. The summed E-state index contributed by atoms with van der Waals surface area (Å²) < 4.78 is 25.5. The molecule has 1 unspecified atom stereocenters. The first-order chi connectivity index (χ1) is 12.2. The van der Waals surface area contributed by atoms with Crippen LogP contribution < -0.4 is 10.6 Å². The Morgan fingerprint density at radius 3 is 2.31 bits per heavy atom. The van der Waals surface area contributed by atoms with E-state index in [1.54, 1.807) is 19.1 Å². The van der Waals surface area contributed by atoms with E-state index in [2.05, 4.69) is 17.6 Å². The standard InChI is InChI=1S/C19H25N3O3S/c1-5-15-9-11-16(12-10-15)20-14(2)19(23)21-17-7-6-8-18(13-17)26(24,25)22(3)4/h6-14,20H,5H2,1-4H3,(H,21,23). The van der Waals surface area contributed by atoms with Gasteiger partial charge in [0.2, 0.25) is 15.9 Å². The van der Waals surface area contributed by atoms with Crippen LogP contribution in [0.3, 0.4) is 0 Å². The van der Waals surface area contributed by atoms with Crippen LogP contribution in [0.2, 0.25) is 0 Å². The molecule has 6 nitrogen and oxygen atoms in total. The SMILES string of the molecule is CCc1ccc(NC(C)C(=O)Nc2cccc(S(=O)(=O)N(C)C)c2)cc1. The van der Waals surface area contributed by atoms with Gasteiger partial charge in [-0.05, 0) is 49.2 Å². The highest BCUT2D eigenvalue weighted by Gasteiger charge is 2.18. The van der Waals surface area contributed by atoms with Gasteiger partial charge >= 0.3 is 0 Å². The lowest BCUT2D eigenvalue weighted by molar-refractivity contribution is -0.116. The van der Waals surface area contributed by atoms with Crippen LogP contribution in [-0.2, 0) is 21.2 Å². The second-order valence-electron chi connectivity index (χ2n) is 6.22. The van der Waals surface area contributed by atoms with E-state index in [0.717, 1.165) is 16.4 Å². The molecule has 1 atom stereocenters. The lowest BCUT2D eigenvalue weighted by Crippen LogP contribution is -2.32. The Bertz CT molecular complexity index is 862. The van der Waals surface area contributed by atoms with E-state index in [9.17, 15) is 13.2 Å². The monoisotopic (exact) mass is 375 g/mol. The number of benzene rings is 2. The number of hydrogen-bond donors (Lipinski definition) is 2. The summed E-state index contributed by atoms with van der Waals surface area (Å²) in [6, 6.07) is 13.7. The van der Waals surface area contributed by atoms with Gasteiger partial charge in [-0.1, -0.05) is 25.1 Å². The highest BCUT2D eigenvalue weighted by molar-refractivity contribution is 7.89. The molecule has 7 heteroatoms. The van der Waals surface area contributed by atoms with Crippen molar-refractivity contribution in [1.29, 1.82) is 0 Å². The Hall–Kier alpha value is -2.38. The second kappa shape index (κ2) is 8.33. The maximum Gasteiger partial charge on any atom is 0.246 e. The highest BCUT2D eigenvalue weighted by atomic mass is 32.2. The number of nitrogens with one attached hydrogen (secondary N) is 2. The fraction of sp³-hybridized carbons (Fsp3) is 0.316.